The minimum absolute atomic E-state index is 0.688. The van der Waals surface area contributed by atoms with Crippen LogP contribution in [-0.4, -0.2) is 6.61 Å². The zero-order valence-corrected chi connectivity index (χ0v) is 9.23. The van der Waals surface area contributed by atoms with Crippen molar-refractivity contribution in [1.29, 1.82) is 0 Å². The van der Waals surface area contributed by atoms with Crippen molar-refractivity contribution in [3.8, 4) is 0 Å². The summed E-state index contributed by atoms with van der Waals surface area (Å²) in [5.74, 6) is 0. The van der Waals surface area contributed by atoms with Crippen LogP contribution in [0.25, 0.3) is 0 Å². The van der Waals surface area contributed by atoms with Crippen LogP contribution >= 0.6 is 0 Å². The Labute approximate surface area is 96.7 Å². The molecular weight excluding hydrogens is 196 g/mol. The van der Waals surface area contributed by atoms with Gasteiger partial charge in [-0.25, -0.2) is 0 Å². The van der Waals surface area contributed by atoms with Gasteiger partial charge < -0.3 is 4.74 Å². The van der Waals surface area contributed by atoms with Gasteiger partial charge in [-0.3, -0.25) is 0 Å². The van der Waals surface area contributed by atoms with Crippen molar-refractivity contribution in [2.45, 2.75) is 13.0 Å². The molecule has 1 heteroatoms. The van der Waals surface area contributed by atoms with Gasteiger partial charge in [0.1, 0.15) is 0 Å². The molecule has 0 aliphatic carbocycles. The van der Waals surface area contributed by atoms with E-state index in [0.29, 0.717) is 6.61 Å². The summed E-state index contributed by atoms with van der Waals surface area (Å²) in [5, 5.41) is 0. The summed E-state index contributed by atoms with van der Waals surface area (Å²) in [4.78, 5) is 0. The third-order valence-corrected chi connectivity index (χ3v) is 2.40. The second-order valence-electron chi connectivity index (χ2n) is 3.68. The lowest BCUT2D eigenvalue weighted by molar-refractivity contribution is 0.124. The minimum atomic E-state index is 0.688. The second kappa shape index (κ2) is 6.09. The molecule has 0 bridgehead atoms. The summed E-state index contributed by atoms with van der Waals surface area (Å²) in [6.45, 7) is 1.43. The molecule has 0 heterocycles. The van der Waals surface area contributed by atoms with E-state index in [4.69, 9.17) is 4.74 Å². The van der Waals surface area contributed by atoms with E-state index in [9.17, 15) is 0 Å². The molecule has 2 rings (SSSR count). The van der Waals surface area contributed by atoms with Crippen LogP contribution in [0.15, 0.2) is 54.6 Å². The maximum Gasteiger partial charge on any atom is 0.0717 e. The molecule has 0 unspecified atom stereocenters. The maximum absolute atomic E-state index is 5.60. The van der Waals surface area contributed by atoms with Crippen molar-refractivity contribution in [3.63, 3.8) is 0 Å². The Morgan fingerprint density at radius 3 is 2.50 bits per heavy atom. The summed E-state index contributed by atoms with van der Waals surface area (Å²) in [6, 6.07) is 21.4. The zero-order chi connectivity index (χ0) is 11.1. The van der Waals surface area contributed by atoms with Gasteiger partial charge in [0, 0.05) is 0 Å². The van der Waals surface area contributed by atoms with E-state index in [1.807, 2.05) is 36.4 Å². The molecule has 2 aromatic rings. The number of rotatable bonds is 5. The van der Waals surface area contributed by atoms with Crippen molar-refractivity contribution < 1.29 is 4.74 Å². The first-order chi connectivity index (χ1) is 7.95. The summed E-state index contributed by atoms with van der Waals surface area (Å²) in [7, 11) is 0. The largest absolute Gasteiger partial charge is 0.376 e. The van der Waals surface area contributed by atoms with E-state index in [1.54, 1.807) is 0 Å². The van der Waals surface area contributed by atoms with E-state index < -0.39 is 0 Å². The van der Waals surface area contributed by atoms with Gasteiger partial charge in [0.2, 0.25) is 0 Å². The van der Waals surface area contributed by atoms with Gasteiger partial charge in [-0.05, 0) is 23.6 Å². The van der Waals surface area contributed by atoms with Crippen molar-refractivity contribution >= 4 is 0 Å². The van der Waals surface area contributed by atoms with Crippen molar-refractivity contribution in [2.75, 3.05) is 6.61 Å². The molecule has 1 radical (unpaired) electrons. The first kappa shape index (κ1) is 10.9. The average Bonchev–Trinajstić information content (AvgIpc) is 2.37. The monoisotopic (exact) mass is 211 g/mol. The molecule has 2 aromatic carbocycles. The molecule has 0 fully saturated rings. The highest BCUT2D eigenvalue weighted by Gasteiger charge is 1.93. The van der Waals surface area contributed by atoms with E-state index in [-0.39, 0.29) is 0 Å². The van der Waals surface area contributed by atoms with Gasteiger partial charge in [0.15, 0.2) is 0 Å². The fourth-order valence-corrected chi connectivity index (χ4v) is 1.53. The molecule has 0 aliphatic rings. The van der Waals surface area contributed by atoms with Crippen LogP contribution < -0.4 is 0 Å². The van der Waals surface area contributed by atoms with Crippen molar-refractivity contribution in [3.05, 3.63) is 71.8 Å². The standard InChI is InChI=1S/C15H15O/c1-3-7-14(8-4-1)11-12-16-13-15-9-5-2-6-10-15/h1-7,9-10H,11-13H2. The van der Waals surface area contributed by atoms with Crippen LogP contribution in [0.3, 0.4) is 0 Å². The maximum atomic E-state index is 5.60. The molecule has 16 heavy (non-hydrogen) atoms. The molecule has 0 atom stereocenters. The highest BCUT2D eigenvalue weighted by molar-refractivity contribution is 5.14. The van der Waals surface area contributed by atoms with Crippen LogP contribution in [-0.2, 0) is 17.8 Å². The Kier molecular flexibility index (Phi) is 4.15. The molecule has 0 spiro atoms. The molecule has 0 aliphatic heterocycles. The van der Waals surface area contributed by atoms with E-state index in [2.05, 4.69) is 24.3 Å². The zero-order valence-electron chi connectivity index (χ0n) is 9.23. The second-order valence-corrected chi connectivity index (χ2v) is 3.68. The van der Waals surface area contributed by atoms with Gasteiger partial charge in [-0.15, -0.1) is 0 Å². The topological polar surface area (TPSA) is 9.23 Å². The van der Waals surface area contributed by atoms with Gasteiger partial charge in [-0.1, -0.05) is 54.6 Å². The highest BCUT2D eigenvalue weighted by Crippen LogP contribution is 2.02. The SMILES string of the molecule is [c]1ccccc1CCOCc1ccccc1. The number of ether oxygens (including phenoxy) is 1. The average molecular weight is 211 g/mol. The van der Waals surface area contributed by atoms with Gasteiger partial charge in [0.05, 0.1) is 13.2 Å². The number of benzene rings is 2. The Hall–Kier alpha value is -1.60. The summed E-state index contributed by atoms with van der Waals surface area (Å²) < 4.78 is 5.60. The van der Waals surface area contributed by atoms with Crippen molar-refractivity contribution in [1.82, 2.24) is 0 Å². The lowest BCUT2D eigenvalue weighted by Gasteiger charge is -2.04. The third kappa shape index (κ3) is 3.52. The van der Waals surface area contributed by atoms with Crippen LogP contribution in [0.5, 0.6) is 0 Å². The number of hydrogen-bond acceptors (Lipinski definition) is 1. The first-order valence-electron chi connectivity index (χ1n) is 5.52. The summed E-state index contributed by atoms with van der Waals surface area (Å²) in [6.07, 6.45) is 0.924. The molecule has 1 nitrogen and oxygen atoms in total. The Bertz CT molecular complexity index is 353. The van der Waals surface area contributed by atoms with E-state index >= 15 is 0 Å². The molecule has 0 saturated carbocycles. The van der Waals surface area contributed by atoms with Crippen molar-refractivity contribution in [2.24, 2.45) is 0 Å². The van der Waals surface area contributed by atoms with Crippen LogP contribution in [0.4, 0.5) is 0 Å². The van der Waals surface area contributed by atoms with Crippen LogP contribution in [0, 0.1) is 6.07 Å². The molecule has 0 N–H and O–H groups in total. The fraction of sp³-hybridized carbons (Fsp3) is 0.200. The molecular formula is C15H15O. The Morgan fingerprint density at radius 1 is 0.938 bits per heavy atom. The fourth-order valence-electron chi connectivity index (χ4n) is 1.53. The predicted molar refractivity (Wildman–Crippen MR) is 65.1 cm³/mol. The lowest BCUT2D eigenvalue weighted by Crippen LogP contribution is -1.98. The Morgan fingerprint density at radius 2 is 1.75 bits per heavy atom. The van der Waals surface area contributed by atoms with Crippen LogP contribution in [0.1, 0.15) is 11.1 Å². The van der Waals surface area contributed by atoms with E-state index in [0.717, 1.165) is 13.0 Å². The molecule has 0 amide bonds. The van der Waals surface area contributed by atoms with Crippen LogP contribution in [0.2, 0.25) is 0 Å². The molecule has 81 valence electrons. The smallest absolute Gasteiger partial charge is 0.0717 e. The van der Waals surface area contributed by atoms with Gasteiger partial charge in [-0.2, -0.15) is 0 Å². The number of hydrogen-bond donors (Lipinski definition) is 0. The normalized spacial score (nSPS) is 10.2. The molecule has 0 saturated heterocycles. The summed E-state index contributed by atoms with van der Waals surface area (Å²) in [5.41, 5.74) is 2.43. The highest BCUT2D eigenvalue weighted by atomic mass is 16.5. The lowest BCUT2D eigenvalue weighted by atomic mass is 10.2. The summed E-state index contributed by atoms with van der Waals surface area (Å²) >= 11 is 0. The molecule has 0 aromatic heterocycles. The Balaban J connectivity index is 1.70. The minimum Gasteiger partial charge on any atom is -0.376 e. The van der Waals surface area contributed by atoms with Gasteiger partial charge >= 0.3 is 0 Å². The first-order valence-corrected chi connectivity index (χ1v) is 5.52. The quantitative estimate of drug-likeness (QED) is 0.690. The predicted octanol–water partition coefficient (Wildman–Crippen LogP) is 3.25. The van der Waals surface area contributed by atoms with Gasteiger partial charge in [0.25, 0.3) is 0 Å². The third-order valence-electron chi connectivity index (χ3n) is 2.40. The van der Waals surface area contributed by atoms with E-state index in [1.165, 1.54) is 11.1 Å².